The highest BCUT2D eigenvalue weighted by Gasteiger charge is 2.31. The Bertz CT molecular complexity index is 588. The third-order valence-corrected chi connectivity index (χ3v) is 2.42. The van der Waals surface area contributed by atoms with E-state index < -0.39 is 18.7 Å². The van der Waals surface area contributed by atoms with Crippen molar-refractivity contribution in [1.82, 2.24) is 4.98 Å². The average molecular weight is 296 g/mol. The number of hydroxylamine groups is 1. The topological polar surface area (TPSA) is 42.4 Å². The normalized spacial score (nSPS) is 11.2. The van der Waals surface area contributed by atoms with Crippen LogP contribution in [0.2, 0.25) is 0 Å². The number of hydrogen-bond acceptors (Lipinski definition) is 3. The fourth-order valence-corrected chi connectivity index (χ4v) is 1.54. The monoisotopic (exact) mass is 296 g/mol. The van der Waals surface area contributed by atoms with Gasteiger partial charge in [0.05, 0.1) is 0 Å². The van der Waals surface area contributed by atoms with Crippen molar-refractivity contribution in [2.75, 3.05) is 11.7 Å². The number of carbonyl (C=O) groups is 1. The molecule has 0 radical (unpaired) electrons. The number of amides is 1. The van der Waals surface area contributed by atoms with Gasteiger partial charge in [0.25, 0.3) is 5.91 Å². The van der Waals surface area contributed by atoms with Gasteiger partial charge >= 0.3 is 6.18 Å². The molecular weight excluding hydrogens is 285 g/mol. The summed E-state index contributed by atoms with van der Waals surface area (Å²) in [6.45, 7) is -1.58. The lowest BCUT2D eigenvalue weighted by Crippen LogP contribution is -2.35. The Morgan fingerprint density at radius 1 is 1.10 bits per heavy atom. The zero-order valence-electron chi connectivity index (χ0n) is 10.7. The summed E-state index contributed by atoms with van der Waals surface area (Å²) in [5.41, 5.74) is 0.199. The SMILES string of the molecule is O=C(c1ccccc1)N(OCC(F)(F)F)c1ccccn1. The van der Waals surface area contributed by atoms with Gasteiger partial charge in [-0.3, -0.25) is 9.63 Å². The quantitative estimate of drug-likeness (QED) is 0.814. The molecule has 1 aromatic carbocycles. The van der Waals surface area contributed by atoms with Crippen molar-refractivity contribution in [2.45, 2.75) is 6.18 Å². The molecule has 0 bridgehead atoms. The minimum absolute atomic E-state index is 0.0180. The Balaban J connectivity index is 2.26. The van der Waals surface area contributed by atoms with Crippen molar-refractivity contribution in [3.63, 3.8) is 0 Å². The highest BCUT2D eigenvalue weighted by atomic mass is 19.4. The summed E-state index contributed by atoms with van der Waals surface area (Å²) in [6, 6.07) is 12.4. The predicted molar refractivity (Wildman–Crippen MR) is 69.5 cm³/mol. The smallest absolute Gasteiger partial charge is 0.266 e. The van der Waals surface area contributed by atoms with E-state index in [0.717, 1.165) is 0 Å². The standard InChI is InChI=1S/C14H11F3N2O2/c15-14(16,17)10-21-19(12-8-4-5-9-18-12)13(20)11-6-2-1-3-7-11/h1-9H,10H2. The summed E-state index contributed by atoms with van der Waals surface area (Å²) in [7, 11) is 0. The van der Waals surface area contributed by atoms with Crippen LogP contribution in [0, 0.1) is 0 Å². The first-order valence-corrected chi connectivity index (χ1v) is 5.97. The van der Waals surface area contributed by atoms with Crippen molar-refractivity contribution in [3.8, 4) is 0 Å². The number of nitrogens with zero attached hydrogens (tertiary/aromatic N) is 2. The van der Waals surface area contributed by atoms with E-state index in [-0.39, 0.29) is 11.4 Å². The Labute approximate surface area is 118 Å². The minimum Gasteiger partial charge on any atom is -0.266 e. The highest BCUT2D eigenvalue weighted by molar-refractivity contribution is 6.04. The Morgan fingerprint density at radius 3 is 2.33 bits per heavy atom. The van der Waals surface area contributed by atoms with Crippen LogP contribution >= 0.6 is 0 Å². The van der Waals surface area contributed by atoms with Gasteiger partial charge in [0, 0.05) is 11.8 Å². The van der Waals surface area contributed by atoms with Crippen LogP contribution < -0.4 is 5.06 Å². The zero-order valence-corrected chi connectivity index (χ0v) is 10.7. The van der Waals surface area contributed by atoms with Crippen molar-refractivity contribution in [1.29, 1.82) is 0 Å². The Morgan fingerprint density at radius 2 is 1.76 bits per heavy atom. The lowest BCUT2D eigenvalue weighted by Gasteiger charge is -2.21. The average Bonchev–Trinajstić information content (AvgIpc) is 2.48. The first kappa shape index (κ1) is 15.0. The molecule has 0 aliphatic rings. The molecule has 0 spiro atoms. The molecule has 0 fully saturated rings. The molecule has 2 rings (SSSR count). The summed E-state index contributed by atoms with van der Waals surface area (Å²) in [4.78, 5) is 20.7. The fraction of sp³-hybridized carbons (Fsp3) is 0.143. The number of carbonyl (C=O) groups excluding carboxylic acids is 1. The van der Waals surface area contributed by atoms with Gasteiger partial charge in [0.1, 0.15) is 0 Å². The molecule has 2 aromatic rings. The molecular formula is C14H11F3N2O2. The van der Waals surface area contributed by atoms with Crippen LogP contribution in [0.1, 0.15) is 10.4 Å². The third-order valence-electron chi connectivity index (χ3n) is 2.42. The Kier molecular flexibility index (Phi) is 4.54. The van der Waals surface area contributed by atoms with Gasteiger partial charge < -0.3 is 0 Å². The van der Waals surface area contributed by atoms with E-state index in [4.69, 9.17) is 0 Å². The molecule has 0 N–H and O–H groups in total. The van der Waals surface area contributed by atoms with Crippen LogP contribution in [0.5, 0.6) is 0 Å². The lowest BCUT2D eigenvalue weighted by molar-refractivity contribution is -0.174. The number of halogens is 3. The summed E-state index contributed by atoms with van der Waals surface area (Å²) in [5, 5.41) is 0.544. The molecule has 1 heterocycles. The largest absolute Gasteiger partial charge is 0.414 e. The maximum Gasteiger partial charge on any atom is 0.414 e. The third kappa shape index (κ3) is 4.28. The van der Waals surface area contributed by atoms with Crippen molar-refractivity contribution in [2.24, 2.45) is 0 Å². The van der Waals surface area contributed by atoms with E-state index in [1.807, 2.05) is 0 Å². The first-order chi connectivity index (χ1) is 9.97. The first-order valence-electron chi connectivity index (χ1n) is 5.97. The second-order valence-electron chi connectivity index (χ2n) is 4.04. The molecule has 0 aliphatic carbocycles. The van der Waals surface area contributed by atoms with Gasteiger partial charge in [-0.25, -0.2) is 4.98 Å². The molecule has 0 aliphatic heterocycles. The maximum atomic E-state index is 12.3. The predicted octanol–water partition coefficient (Wildman–Crippen LogP) is 3.22. The molecule has 0 unspecified atom stereocenters. The van der Waals surface area contributed by atoms with Gasteiger partial charge in [-0.15, -0.1) is 0 Å². The summed E-state index contributed by atoms with van der Waals surface area (Å²) in [6.07, 6.45) is -3.19. The van der Waals surface area contributed by atoms with Gasteiger partial charge in [0.15, 0.2) is 12.4 Å². The number of anilines is 1. The lowest BCUT2D eigenvalue weighted by atomic mass is 10.2. The fourth-order valence-electron chi connectivity index (χ4n) is 1.54. The molecule has 0 atom stereocenters. The molecule has 21 heavy (non-hydrogen) atoms. The van der Waals surface area contributed by atoms with Crippen LogP contribution in [-0.2, 0) is 4.84 Å². The number of hydrogen-bond donors (Lipinski definition) is 0. The maximum absolute atomic E-state index is 12.3. The molecule has 4 nitrogen and oxygen atoms in total. The van der Waals surface area contributed by atoms with Crippen LogP contribution in [0.3, 0.4) is 0 Å². The van der Waals surface area contributed by atoms with E-state index >= 15 is 0 Å². The van der Waals surface area contributed by atoms with Crippen LogP contribution in [-0.4, -0.2) is 23.7 Å². The van der Waals surface area contributed by atoms with Gasteiger partial charge in [-0.1, -0.05) is 24.3 Å². The van der Waals surface area contributed by atoms with Gasteiger partial charge in [-0.2, -0.15) is 18.2 Å². The Hall–Kier alpha value is -2.41. The van der Waals surface area contributed by atoms with Gasteiger partial charge in [0.2, 0.25) is 0 Å². The molecule has 1 amide bonds. The zero-order chi connectivity index (χ0) is 15.3. The summed E-state index contributed by atoms with van der Waals surface area (Å²) < 4.78 is 36.9. The highest BCUT2D eigenvalue weighted by Crippen LogP contribution is 2.20. The van der Waals surface area contributed by atoms with Crippen LogP contribution in [0.25, 0.3) is 0 Å². The van der Waals surface area contributed by atoms with Crippen molar-refractivity contribution in [3.05, 3.63) is 60.3 Å². The van der Waals surface area contributed by atoms with E-state index in [9.17, 15) is 18.0 Å². The molecule has 0 saturated heterocycles. The minimum atomic E-state index is -4.55. The van der Waals surface area contributed by atoms with E-state index in [1.54, 1.807) is 30.3 Å². The number of benzene rings is 1. The summed E-state index contributed by atoms with van der Waals surface area (Å²) in [5.74, 6) is -0.742. The molecule has 0 saturated carbocycles. The van der Waals surface area contributed by atoms with Crippen molar-refractivity contribution < 1.29 is 22.8 Å². The number of aromatic nitrogens is 1. The summed E-state index contributed by atoms with van der Waals surface area (Å²) >= 11 is 0. The number of pyridine rings is 1. The number of alkyl halides is 3. The molecule has 110 valence electrons. The van der Waals surface area contributed by atoms with E-state index in [2.05, 4.69) is 9.82 Å². The number of rotatable bonds is 4. The van der Waals surface area contributed by atoms with Crippen molar-refractivity contribution >= 4 is 11.7 Å². The second-order valence-corrected chi connectivity index (χ2v) is 4.04. The van der Waals surface area contributed by atoms with Crippen LogP contribution in [0.4, 0.5) is 19.0 Å². The van der Waals surface area contributed by atoms with E-state index in [1.165, 1.54) is 24.4 Å². The molecule has 1 aromatic heterocycles. The van der Waals surface area contributed by atoms with Crippen LogP contribution in [0.15, 0.2) is 54.7 Å². The molecule has 7 heteroatoms. The van der Waals surface area contributed by atoms with Gasteiger partial charge in [-0.05, 0) is 24.3 Å². The van der Waals surface area contributed by atoms with E-state index in [0.29, 0.717) is 5.06 Å². The second kappa shape index (κ2) is 6.36.